The SMILES string of the molecule is Cc1nn(CC(C)CS)c(C)c1[N+](=O)[O-]. The lowest BCUT2D eigenvalue weighted by Gasteiger charge is -2.08. The summed E-state index contributed by atoms with van der Waals surface area (Å²) in [4.78, 5) is 10.4. The third kappa shape index (κ3) is 2.50. The molecule has 1 heterocycles. The van der Waals surface area contributed by atoms with Crippen molar-refractivity contribution >= 4 is 18.3 Å². The van der Waals surface area contributed by atoms with Gasteiger partial charge in [0, 0.05) is 6.54 Å². The van der Waals surface area contributed by atoms with Crippen LogP contribution in [0.3, 0.4) is 0 Å². The van der Waals surface area contributed by atoms with E-state index in [-0.39, 0.29) is 10.6 Å². The van der Waals surface area contributed by atoms with E-state index in [4.69, 9.17) is 0 Å². The number of thiol groups is 1. The van der Waals surface area contributed by atoms with Crippen molar-refractivity contribution in [1.82, 2.24) is 9.78 Å². The first-order valence-electron chi connectivity index (χ1n) is 4.76. The highest BCUT2D eigenvalue weighted by atomic mass is 32.1. The summed E-state index contributed by atoms with van der Waals surface area (Å²) < 4.78 is 1.69. The average Bonchev–Trinajstić information content (AvgIpc) is 2.41. The molecule has 0 aliphatic heterocycles. The Bertz CT molecular complexity index is 376. The lowest BCUT2D eigenvalue weighted by atomic mass is 10.2. The van der Waals surface area contributed by atoms with Gasteiger partial charge in [0.1, 0.15) is 11.4 Å². The monoisotopic (exact) mass is 229 g/mol. The molecule has 5 nitrogen and oxygen atoms in total. The first kappa shape index (κ1) is 12.0. The van der Waals surface area contributed by atoms with E-state index >= 15 is 0 Å². The van der Waals surface area contributed by atoms with E-state index in [2.05, 4.69) is 17.7 Å². The van der Waals surface area contributed by atoms with Crippen LogP contribution in [0.4, 0.5) is 5.69 Å². The van der Waals surface area contributed by atoms with Crippen LogP contribution in [-0.2, 0) is 6.54 Å². The van der Waals surface area contributed by atoms with Gasteiger partial charge in [-0.3, -0.25) is 14.8 Å². The molecule has 0 spiro atoms. The highest BCUT2D eigenvalue weighted by Crippen LogP contribution is 2.22. The lowest BCUT2D eigenvalue weighted by Crippen LogP contribution is -2.11. The molecule has 0 radical (unpaired) electrons. The summed E-state index contributed by atoms with van der Waals surface area (Å²) in [7, 11) is 0. The van der Waals surface area contributed by atoms with Crippen molar-refractivity contribution in [3.63, 3.8) is 0 Å². The van der Waals surface area contributed by atoms with Gasteiger partial charge in [0.05, 0.1) is 4.92 Å². The van der Waals surface area contributed by atoms with E-state index < -0.39 is 0 Å². The number of rotatable bonds is 4. The Hall–Kier alpha value is -1.04. The topological polar surface area (TPSA) is 61.0 Å². The highest BCUT2D eigenvalue weighted by molar-refractivity contribution is 7.80. The Labute approximate surface area is 94.0 Å². The van der Waals surface area contributed by atoms with Crippen LogP contribution < -0.4 is 0 Å². The minimum absolute atomic E-state index is 0.126. The summed E-state index contributed by atoms with van der Waals surface area (Å²) in [6.07, 6.45) is 0. The van der Waals surface area contributed by atoms with Gasteiger partial charge < -0.3 is 0 Å². The Morgan fingerprint density at radius 1 is 1.60 bits per heavy atom. The average molecular weight is 229 g/mol. The van der Waals surface area contributed by atoms with Gasteiger partial charge in [0.15, 0.2) is 0 Å². The number of nitrogens with zero attached hydrogens (tertiary/aromatic N) is 3. The van der Waals surface area contributed by atoms with E-state index in [1.165, 1.54) is 0 Å². The second kappa shape index (κ2) is 4.65. The second-order valence-electron chi connectivity index (χ2n) is 3.75. The van der Waals surface area contributed by atoms with Crippen LogP contribution >= 0.6 is 12.6 Å². The fourth-order valence-electron chi connectivity index (χ4n) is 1.48. The van der Waals surface area contributed by atoms with Crippen LogP contribution in [0, 0.1) is 29.9 Å². The van der Waals surface area contributed by atoms with Crippen LogP contribution in [0.25, 0.3) is 0 Å². The van der Waals surface area contributed by atoms with E-state index in [9.17, 15) is 10.1 Å². The Kier molecular flexibility index (Phi) is 3.73. The summed E-state index contributed by atoms with van der Waals surface area (Å²) >= 11 is 4.18. The van der Waals surface area contributed by atoms with Crippen molar-refractivity contribution in [2.75, 3.05) is 5.75 Å². The zero-order valence-corrected chi connectivity index (χ0v) is 9.99. The van der Waals surface area contributed by atoms with Gasteiger partial charge in [-0.1, -0.05) is 6.92 Å². The maximum absolute atomic E-state index is 10.7. The van der Waals surface area contributed by atoms with Gasteiger partial charge >= 0.3 is 5.69 Å². The Morgan fingerprint density at radius 2 is 2.20 bits per heavy atom. The van der Waals surface area contributed by atoms with E-state index in [1.807, 2.05) is 6.92 Å². The van der Waals surface area contributed by atoms with Crippen molar-refractivity contribution in [2.45, 2.75) is 27.3 Å². The molecule has 0 aliphatic rings. The third-order valence-electron chi connectivity index (χ3n) is 2.32. The molecule has 15 heavy (non-hydrogen) atoms. The van der Waals surface area contributed by atoms with Gasteiger partial charge in [-0.25, -0.2) is 0 Å². The van der Waals surface area contributed by atoms with Crippen LogP contribution in [-0.4, -0.2) is 20.5 Å². The van der Waals surface area contributed by atoms with Crippen LogP contribution in [0.5, 0.6) is 0 Å². The Balaban J connectivity index is 3.01. The largest absolute Gasteiger partial charge is 0.312 e. The fourth-order valence-corrected chi connectivity index (χ4v) is 1.60. The molecular weight excluding hydrogens is 214 g/mol. The molecule has 1 unspecified atom stereocenters. The quantitative estimate of drug-likeness (QED) is 0.488. The summed E-state index contributed by atoms with van der Waals surface area (Å²) in [6, 6.07) is 0. The molecule has 1 aromatic heterocycles. The molecular formula is C9H15N3O2S. The maximum atomic E-state index is 10.7. The van der Waals surface area contributed by atoms with Gasteiger partial charge in [-0.2, -0.15) is 17.7 Å². The minimum Gasteiger partial charge on any atom is -0.262 e. The van der Waals surface area contributed by atoms with Crippen molar-refractivity contribution < 1.29 is 4.92 Å². The molecule has 0 N–H and O–H groups in total. The summed E-state index contributed by atoms with van der Waals surface area (Å²) in [6.45, 7) is 6.09. The molecule has 0 fully saturated rings. The lowest BCUT2D eigenvalue weighted by molar-refractivity contribution is -0.386. The zero-order chi connectivity index (χ0) is 11.6. The molecule has 1 rings (SSSR count). The zero-order valence-electron chi connectivity index (χ0n) is 9.10. The van der Waals surface area contributed by atoms with Crippen LogP contribution in [0.2, 0.25) is 0 Å². The summed E-state index contributed by atoms with van der Waals surface area (Å²) in [5.41, 5.74) is 1.22. The van der Waals surface area contributed by atoms with E-state index in [0.717, 1.165) is 5.75 Å². The van der Waals surface area contributed by atoms with E-state index in [0.29, 0.717) is 23.9 Å². The summed E-state index contributed by atoms with van der Waals surface area (Å²) in [5, 5.41) is 14.9. The number of nitro groups is 1. The first-order chi connectivity index (χ1) is 6.97. The molecule has 0 amide bonds. The van der Waals surface area contributed by atoms with Gasteiger partial charge in [0.2, 0.25) is 0 Å². The molecule has 1 aromatic rings. The molecule has 0 aromatic carbocycles. The molecule has 0 saturated heterocycles. The van der Waals surface area contributed by atoms with Gasteiger partial charge in [-0.05, 0) is 25.5 Å². The van der Waals surface area contributed by atoms with E-state index in [1.54, 1.807) is 18.5 Å². The number of aryl methyl sites for hydroxylation is 1. The van der Waals surface area contributed by atoms with Gasteiger partial charge in [0.25, 0.3) is 0 Å². The van der Waals surface area contributed by atoms with Gasteiger partial charge in [-0.15, -0.1) is 0 Å². The highest BCUT2D eigenvalue weighted by Gasteiger charge is 2.21. The standard InChI is InChI=1S/C9H15N3O2S/c1-6(5-15)4-11-8(3)9(12(13)14)7(2)10-11/h6,15H,4-5H2,1-3H3. The van der Waals surface area contributed by atoms with Crippen LogP contribution in [0.1, 0.15) is 18.3 Å². The summed E-state index contributed by atoms with van der Waals surface area (Å²) in [5.74, 6) is 1.09. The van der Waals surface area contributed by atoms with Crippen molar-refractivity contribution in [2.24, 2.45) is 5.92 Å². The van der Waals surface area contributed by atoms with Crippen molar-refractivity contribution in [3.05, 3.63) is 21.5 Å². The van der Waals surface area contributed by atoms with Crippen molar-refractivity contribution in [1.29, 1.82) is 0 Å². The van der Waals surface area contributed by atoms with Crippen molar-refractivity contribution in [3.8, 4) is 0 Å². The van der Waals surface area contributed by atoms with Crippen LogP contribution in [0.15, 0.2) is 0 Å². The molecule has 6 heteroatoms. The number of hydrogen-bond acceptors (Lipinski definition) is 4. The third-order valence-corrected chi connectivity index (χ3v) is 2.95. The molecule has 0 aliphatic carbocycles. The minimum atomic E-state index is -0.375. The molecule has 84 valence electrons. The molecule has 0 bridgehead atoms. The molecule has 0 saturated carbocycles. The fraction of sp³-hybridized carbons (Fsp3) is 0.667. The smallest absolute Gasteiger partial charge is 0.262 e. The Morgan fingerprint density at radius 3 is 2.60 bits per heavy atom. The predicted molar refractivity (Wildman–Crippen MR) is 61.4 cm³/mol. The second-order valence-corrected chi connectivity index (χ2v) is 4.11. The maximum Gasteiger partial charge on any atom is 0.312 e. The normalized spacial score (nSPS) is 12.8. The number of hydrogen-bond donors (Lipinski definition) is 1. The predicted octanol–water partition coefficient (Wildman–Crippen LogP) is 1.97. The molecule has 1 atom stereocenters. The first-order valence-corrected chi connectivity index (χ1v) is 5.39. The number of aromatic nitrogens is 2.